The summed E-state index contributed by atoms with van der Waals surface area (Å²) in [6.45, 7) is 5.38. The van der Waals surface area contributed by atoms with E-state index in [-0.39, 0.29) is 11.9 Å². The Morgan fingerprint density at radius 3 is 2.44 bits per heavy atom. The molecule has 1 unspecified atom stereocenters. The maximum atomic E-state index is 13.4. The predicted molar refractivity (Wildman–Crippen MR) is 159 cm³/mol. The van der Waals surface area contributed by atoms with Gasteiger partial charge in [0.1, 0.15) is 0 Å². The van der Waals surface area contributed by atoms with Crippen molar-refractivity contribution in [3.05, 3.63) is 111 Å². The number of urea groups is 1. The molecule has 5 nitrogen and oxygen atoms in total. The molecule has 1 fully saturated rings. The van der Waals surface area contributed by atoms with Crippen molar-refractivity contribution >= 4 is 52.2 Å². The summed E-state index contributed by atoms with van der Waals surface area (Å²) in [4.78, 5) is 21.7. The molecule has 198 valence electrons. The number of pyridine rings is 1. The molecule has 0 spiro atoms. The molecule has 0 saturated carbocycles. The number of carbonyl (C=O) groups excluding carboxylic acids is 1. The highest BCUT2D eigenvalue weighted by molar-refractivity contribution is 6.40. The summed E-state index contributed by atoms with van der Waals surface area (Å²) in [6.07, 6.45) is 3.73. The minimum absolute atomic E-state index is 0.266. The van der Waals surface area contributed by atoms with Crippen LogP contribution >= 0.6 is 34.8 Å². The van der Waals surface area contributed by atoms with Crippen LogP contribution in [0.25, 0.3) is 11.1 Å². The Hall–Kier alpha value is -3.09. The number of halogens is 3. The summed E-state index contributed by atoms with van der Waals surface area (Å²) < 4.78 is 0. The lowest BCUT2D eigenvalue weighted by Crippen LogP contribution is -2.41. The fourth-order valence-electron chi connectivity index (χ4n) is 5.85. The first kappa shape index (κ1) is 26.1. The second-order valence-electron chi connectivity index (χ2n) is 10.2. The SMILES string of the molecule is C[C@H]1CN(Cc2cccnc2)CC1c1cc(-c2ccccc2Cl)c2c(c1)N(c1c(Cl)cccc1Cl)C(=O)NC2. The highest BCUT2D eigenvalue weighted by Crippen LogP contribution is 2.46. The summed E-state index contributed by atoms with van der Waals surface area (Å²) in [6, 6.07) is 21.3. The molecule has 3 aromatic carbocycles. The molecule has 0 aliphatic carbocycles. The minimum atomic E-state index is -0.266. The Morgan fingerprint density at radius 1 is 0.923 bits per heavy atom. The number of benzene rings is 3. The second-order valence-corrected chi connectivity index (χ2v) is 11.5. The third-order valence-corrected chi connectivity index (χ3v) is 8.62. The van der Waals surface area contributed by atoms with Crippen molar-refractivity contribution < 1.29 is 4.79 Å². The van der Waals surface area contributed by atoms with Crippen LogP contribution in [0.1, 0.15) is 29.5 Å². The van der Waals surface area contributed by atoms with E-state index in [0.29, 0.717) is 33.2 Å². The average molecular weight is 578 g/mol. The van der Waals surface area contributed by atoms with E-state index in [1.54, 1.807) is 29.3 Å². The third kappa shape index (κ3) is 5.01. The number of para-hydroxylation sites is 1. The van der Waals surface area contributed by atoms with Crippen molar-refractivity contribution in [1.82, 2.24) is 15.2 Å². The van der Waals surface area contributed by atoms with Crippen LogP contribution in [-0.4, -0.2) is 29.0 Å². The number of likely N-dealkylation sites (tertiary alicyclic amines) is 1. The number of fused-ring (bicyclic) bond motifs is 1. The van der Waals surface area contributed by atoms with Crippen LogP contribution in [0.2, 0.25) is 15.1 Å². The van der Waals surface area contributed by atoms with E-state index < -0.39 is 0 Å². The molecule has 1 N–H and O–H groups in total. The Morgan fingerprint density at radius 2 is 1.69 bits per heavy atom. The maximum absolute atomic E-state index is 13.4. The van der Waals surface area contributed by atoms with Gasteiger partial charge in [0.15, 0.2) is 0 Å². The van der Waals surface area contributed by atoms with E-state index in [1.165, 1.54) is 5.56 Å². The average Bonchev–Trinajstić information content (AvgIpc) is 3.29. The van der Waals surface area contributed by atoms with E-state index in [0.717, 1.165) is 47.6 Å². The second kappa shape index (κ2) is 10.8. The summed E-state index contributed by atoms with van der Waals surface area (Å²) in [5, 5.41) is 4.50. The number of nitrogens with zero attached hydrogens (tertiary/aromatic N) is 3. The Labute approximate surface area is 243 Å². The first-order valence-electron chi connectivity index (χ1n) is 13.0. The van der Waals surface area contributed by atoms with Crippen LogP contribution < -0.4 is 10.2 Å². The molecule has 1 saturated heterocycles. The highest BCUT2D eigenvalue weighted by Gasteiger charge is 2.35. The molecule has 2 aliphatic heterocycles. The van der Waals surface area contributed by atoms with Crippen LogP contribution in [0.3, 0.4) is 0 Å². The Kier molecular flexibility index (Phi) is 7.25. The van der Waals surface area contributed by atoms with Gasteiger partial charge in [-0.1, -0.05) is 78.1 Å². The van der Waals surface area contributed by atoms with Gasteiger partial charge in [-0.25, -0.2) is 4.79 Å². The van der Waals surface area contributed by atoms with Crippen molar-refractivity contribution in [3.8, 4) is 11.1 Å². The molecule has 39 heavy (non-hydrogen) atoms. The first-order valence-corrected chi connectivity index (χ1v) is 14.1. The number of hydrogen-bond acceptors (Lipinski definition) is 3. The molecule has 2 aliphatic rings. The lowest BCUT2D eigenvalue weighted by molar-refractivity contribution is 0.247. The van der Waals surface area contributed by atoms with Gasteiger partial charge in [0.05, 0.1) is 21.4 Å². The maximum Gasteiger partial charge on any atom is 0.326 e. The molecule has 3 heterocycles. The van der Waals surface area contributed by atoms with Crippen LogP contribution in [0, 0.1) is 5.92 Å². The van der Waals surface area contributed by atoms with Gasteiger partial charge in [0.2, 0.25) is 0 Å². The molecule has 1 aromatic heterocycles. The van der Waals surface area contributed by atoms with Gasteiger partial charge in [-0.15, -0.1) is 0 Å². The summed E-state index contributed by atoms with van der Waals surface area (Å²) in [5.41, 5.74) is 6.51. The van der Waals surface area contributed by atoms with E-state index in [9.17, 15) is 4.79 Å². The number of rotatable bonds is 5. The zero-order chi connectivity index (χ0) is 27.1. The van der Waals surface area contributed by atoms with Gasteiger partial charge in [0.25, 0.3) is 0 Å². The van der Waals surface area contributed by atoms with Crippen molar-refractivity contribution in [3.63, 3.8) is 0 Å². The van der Waals surface area contributed by atoms with Crippen LogP contribution in [0.4, 0.5) is 16.2 Å². The van der Waals surface area contributed by atoms with Crippen molar-refractivity contribution in [2.75, 3.05) is 18.0 Å². The molecule has 2 amide bonds. The number of amides is 2. The van der Waals surface area contributed by atoms with Crippen LogP contribution in [0.15, 0.2) is 79.1 Å². The predicted octanol–water partition coefficient (Wildman–Crippen LogP) is 8.31. The van der Waals surface area contributed by atoms with Gasteiger partial charge >= 0.3 is 6.03 Å². The van der Waals surface area contributed by atoms with Gasteiger partial charge in [-0.2, -0.15) is 0 Å². The summed E-state index contributed by atoms with van der Waals surface area (Å²) in [7, 11) is 0. The zero-order valence-electron chi connectivity index (χ0n) is 21.4. The summed E-state index contributed by atoms with van der Waals surface area (Å²) in [5.74, 6) is 0.676. The first-order chi connectivity index (χ1) is 18.9. The normalized spacial score (nSPS) is 19.2. The lowest BCUT2D eigenvalue weighted by atomic mass is 9.85. The largest absolute Gasteiger partial charge is 0.333 e. The number of anilines is 2. The van der Waals surface area contributed by atoms with E-state index in [4.69, 9.17) is 34.8 Å². The summed E-state index contributed by atoms with van der Waals surface area (Å²) >= 11 is 20.0. The molecular weight excluding hydrogens is 551 g/mol. The molecule has 0 radical (unpaired) electrons. The van der Waals surface area contributed by atoms with E-state index in [2.05, 4.69) is 40.3 Å². The van der Waals surface area contributed by atoms with Crippen molar-refractivity contribution in [2.24, 2.45) is 5.92 Å². The fraction of sp³-hybridized carbons (Fsp3) is 0.226. The molecular formula is C31H27Cl3N4O. The fourth-order valence-corrected chi connectivity index (χ4v) is 6.66. The number of aromatic nitrogens is 1. The van der Waals surface area contributed by atoms with Crippen molar-refractivity contribution in [2.45, 2.75) is 25.9 Å². The van der Waals surface area contributed by atoms with Gasteiger partial charge in [-0.3, -0.25) is 14.8 Å². The lowest BCUT2D eigenvalue weighted by Gasteiger charge is -2.34. The smallest absolute Gasteiger partial charge is 0.326 e. The van der Waals surface area contributed by atoms with Crippen LogP contribution in [0.5, 0.6) is 0 Å². The molecule has 6 rings (SSSR count). The van der Waals surface area contributed by atoms with Crippen LogP contribution in [-0.2, 0) is 13.1 Å². The molecule has 0 bridgehead atoms. The Bertz CT molecular complexity index is 1520. The van der Waals surface area contributed by atoms with Gasteiger partial charge < -0.3 is 5.32 Å². The standard InChI is InChI=1S/C31H27Cl3N4O/c1-19-16-37(17-20-6-5-11-35-14-20)18-25(19)21-12-23(22-7-2-3-8-26(22)32)24-15-36-31(39)38(29(24)13-21)30-27(33)9-4-10-28(30)34/h2-14,19,25H,15-18H2,1H3,(H,36,39)/t19-,25?/m0/s1. The van der Waals surface area contributed by atoms with E-state index >= 15 is 0 Å². The number of hydrogen-bond donors (Lipinski definition) is 1. The topological polar surface area (TPSA) is 48.5 Å². The highest BCUT2D eigenvalue weighted by atomic mass is 35.5. The quantitative estimate of drug-likeness (QED) is 0.259. The van der Waals surface area contributed by atoms with Gasteiger partial charge in [0, 0.05) is 60.6 Å². The van der Waals surface area contributed by atoms with Crippen molar-refractivity contribution in [1.29, 1.82) is 0 Å². The molecule has 2 atom stereocenters. The molecule has 8 heteroatoms. The number of carbonyl (C=O) groups is 1. The zero-order valence-corrected chi connectivity index (χ0v) is 23.6. The Balaban J connectivity index is 1.49. The number of nitrogens with one attached hydrogen (secondary N) is 1. The van der Waals surface area contributed by atoms with E-state index in [1.807, 2.05) is 36.5 Å². The minimum Gasteiger partial charge on any atom is -0.333 e. The molecule has 4 aromatic rings. The third-order valence-electron chi connectivity index (χ3n) is 7.68. The monoisotopic (exact) mass is 576 g/mol. The van der Waals surface area contributed by atoms with Gasteiger partial charge in [-0.05, 0) is 52.9 Å².